The molecule has 0 aromatic heterocycles. The van der Waals surface area contributed by atoms with Gasteiger partial charge in [0.25, 0.3) is 0 Å². The summed E-state index contributed by atoms with van der Waals surface area (Å²) in [5.41, 5.74) is 1.01. The van der Waals surface area contributed by atoms with Gasteiger partial charge in [0.2, 0.25) is 10.0 Å². The van der Waals surface area contributed by atoms with Crippen molar-refractivity contribution in [1.29, 1.82) is 0 Å². The summed E-state index contributed by atoms with van der Waals surface area (Å²) in [6.07, 6.45) is 0. The van der Waals surface area contributed by atoms with Crippen molar-refractivity contribution < 1.29 is 8.42 Å². The minimum absolute atomic E-state index is 0.272. The first-order valence-corrected chi connectivity index (χ1v) is 7.15. The zero-order valence-corrected chi connectivity index (χ0v) is 11.7. The molecule has 16 heavy (non-hydrogen) atoms. The molecule has 90 valence electrons. The second-order valence-electron chi connectivity index (χ2n) is 3.44. The van der Waals surface area contributed by atoms with E-state index in [1.54, 1.807) is 25.2 Å². The normalized spacial score (nSPS) is 11.7. The van der Waals surface area contributed by atoms with Crippen LogP contribution in [-0.4, -0.2) is 28.6 Å². The SMILES string of the molecule is CNCCNS(=O)(=O)c1ccc(C)cc1Br. The molecule has 0 fully saturated rings. The number of halogens is 1. The van der Waals surface area contributed by atoms with E-state index in [0.29, 0.717) is 17.6 Å². The number of sulfonamides is 1. The van der Waals surface area contributed by atoms with Crippen LogP contribution in [0.25, 0.3) is 0 Å². The Labute approximate surface area is 105 Å². The molecule has 0 amide bonds. The van der Waals surface area contributed by atoms with E-state index in [1.807, 2.05) is 6.92 Å². The topological polar surface area (TPSA) is 58.2 Å². The third-order valence-electron chi connectivity index (χ3n) is 2.04. The van der Waals surface area contributed by atoms with E-state index in [9.17, 15) is 8.42 Å². The fourth-order valence-electron chi connectivity index (χ4n) is 1.21. The third-order valence-corrected chi connectivity index (χ3v) is 4.48. The van der Waals surface area contributed by atoms with Crippen LogP contribution in [0.4, 0.5) is 0 Å². The molecule has 2 N–H and O–H groups in total. The van der Waals surface area contributed by atoms with Gasteiger partial charge in [-0.05, 0) is 47.6 Å². The fourth-order valence-corrected chi connectivity index (χ4v) is 3.43. The van der Waals surface area contributed by atoms with Crippen LogP contribution < -0.4 is 10.0 Å². The van der Waals surface area contributed by atoms with E-state index >= 15 is 0 Å². The lowest BCUT2D eigenvalue weighted by Crippen LogP contribution is -2.30. The van der Waals surface area contributed by atoms with Crippen molar-refractivity contribution in [2.75, 3.05) is 20.1 Å². The van der Waals surface area contributed by atoms with E-state index in [-0.39, 0.29) is 4.90 Å². The van der Waals surface area contributed by atoms with Gasteiger partial charge in [0.05, 0.1) is 4.90 Å². The van der Waals surface area contributed by atoms with E-state index < -0.39 is 10.0 Å². The molecule has 0 aliphatic carbocycles. The third kappa shape index (κ3) is 3.55. The number of rotatable bonds is 5. The zero-order valence-electron chi connectivity index (χ0n) is 9.25. The van der Waals surface area contributed by atoms with Crippen molar-refractivity contribution in [2.24, 2.45) is 0 Å². The Balaban J connectivity index is 2.90. The molecule has 0 aliphatic heterocycles. The molecule has 1 rings (SSSR count). The van der Waals surface area contributed by atoms with Gasteiger partial charge in [0, 0.05) is 17.6 Å². The van der Waals surface area contributed by atoms with Crippen molar-refractivity contribution in [3.8, 4) is 0 Å². The number of nitrogens with one attached hydrogen (secondary N) is 2. The molecule has 0 atom stereocenters. The Morgan fingerprint density at radius 1 is 1.31 bits per heavy atom. The number of hydrogen-bond donors (Lipinski definition) is 2. The molecule has 0 radical (unpaired) electrons. The molecule has 6 heteroatoms. The highest BCUT2D eigenvalue weighted by atomic mass is 79.9. The van der Waals surface area contributed by atoms with Crippen LogP contribution in [-0.2, 0) is 10.0 Å². The van der Waals surface area contributed by atoms with Gasteiger partial charge in [-0.1, -0.05) is 6.07 Å². The standard InChI is InChI=1S/C10H15BrN2O2S/c1-8-3-4-10(9(11)7-8)16(14,15)13-6-5-12-2/h3-4,7,12-13H,5-6H2,1-2H3. The van der Waals surface area contributed by atoms with E-state index in [2.05, 4.69) is 26.0 Å². The maximum absolute atomic E-state index is 11.9. The molecule has 1 aromatic rings. The first-order chi connectivity index (χ1) is 7.47. The predicted octanol–water partition coefficient (Wildman–Crippen LogP) is 1.26. The van der Waals surface area contributed by atoms with E-state index in [4.69, 9.17) is 0 Å². The van der Waals surface area contributed by atoms with Crippen LogP contribution in [0.3, 0.4) is 0 Å². The molecule has 0 saturated heterocycles. The lowest BCUT2D eigenvalue weighted by molar-refractivity contribution is 0.579. The fraction of sp³-hybridized carbons (Fsp3) is 0.400. The number of benzene rings is 1. The quantitative estimate of drug-likeness (QED) is 0.805. The molecule has 0 spiro atoms. The van der Waals surface area contributed by atoms with Crippen molar-refractivity contribution in [2.45, 2.75) is 11.8 Å². The largest absolute Gasteiger partial charge is 0.318 e. The van der Waals surface area contributed by atoms with Gasteiger partial charge in [-0.2, -0.15) is 0 Å². The molecular formula is C10H15BrN2O2S. The molecule has 0 heterocycles. The minimum Gasteiger partial charge on any atom is -0.318 e. The molecule has 0 bridgehead atoms. The lowest BCUT2D eigenvalue weighted by Gasteiger charge is -2.08. The van der Waals surface area contributed by atoms with Crippen LogP contribution in [0.1, 0.15) is 5.56 Å². The van der Waals surface area contributed by atoms with Crippen LogP contribution >= 0.6 is 15.9 Å². The van der Waals surface area contributed by atoms with Gasteiger partial charge in [-0.15, -0.1) is 0 Å². The first kappa shape index (κ1) is 13.6. The lowest BCUT2D eigenvalue weighted by atomic mass is 10.2. The van der Waals surface area contributed by atoms with Gasteiger partial charge in [0.15, 0.2) is 0 Å². The molecule has 0 aliphatic rings. The summed E-state index contributed by atoms with van der Waals surface area (Å²) in [6, 6.07) is 5.16. The second kappa shape index (κ2) is 5.77. The van der Waals surface area contributed by atoms with Gasteiger partial charge in [-0.3, -0.25) is 0 Å². The molecule has 0 unspecified atom stereocenters. The van der Waals surface area contributed by atoms with Gasteiger partial charge >= 0.3 is 0 Å². The van der Waals surface area contributed by atoms with E-state index in [1.165, 1.54) is 0 Å². The van der Waals surface area contributed by atoms with Crippen LogP contribution in [0, 0.1) is 6.92 Å². The highest BCUT2D eigenvalue weighted by Gasteiger charge is 2.16. The number of aryl methyl sites for hydroxylation is 1. The predicted molar refractivity (Wildman–Crippen MR) is 68.0 cm³/mol. The van der Waals surface area contributed by atoms with Crippen molar-refractivity contribution in [3.05, 3.63) is 28.2 Å². The van der Waals surface area contributed by atoms with E-state index in [0.717, 1.165) is 5.56 Å². The van der Waals surface area contributed by atoms with Gasteiger partial charge in [0.1, 0.15) is 0 Å². The molecule has 4 nitrogen and oxygen atoms in total. The van der Waals surface area contributed by atoms with Gasteiger partial charge < -0.3 is 5.32 Å². The van der Waals surface area contributed by atoms with Crippen LogP contribution in [0.5, 0.6) is 0 Å². The average Bonchev–Trinajstić information content (AvgIpc) is 2.17. The molecule has 1 aromatic carbocycles. The summed E-state index contributed by atoms with van der Waals surface area (Å²) in [4.78, 5) is 0.272. The number of hydrogen-bond acceptors (Lipinski definition) is 3. The number of likely N-dealkylation sites (N-methyl/N-ethyl adjacent to an activating group) is 1. The van der Waals surface area contributed by atoms with Crippen molar-refractivity contribution in [1.82, 2.24) is 10.0 Å². The summed E-state index contributed by atoms with van der Waals surface area (Å²) in [7, 11) is -1.64. The van der Waals surface area contributed by atoms with Crippen LogP contribution in [0.15, 0.2) is 27.6 Å². The highest BCUT2D eigenvalue weighted by Crippen LogP contribution is 2.22. The van der Waals surface area contributed by atoms with Gasteiger partial charge in [-0.25, -0.2) is 13.1 Å². The minimum atomic E-state index is -3.42. The highest BCUT2D eigenvalue weighted by molar-refractivity contribution is 9.10. The second-order valence-corrected chi connectivity index (χ2v) is 6.02. The Kier molecular flexibility index (Phi) is 4.91. The molecule has 0 saturated carbocycles. The maximum atomic E-state index is 11.9. The Bertz CT molecular complexity index is 460. The molecular weight excluding hydrogens is 292 g/mol. The van der Waals surface area contributed by atoms with Crippen molar-refractivity contribution >= 4 is 26.0 Å². The smallest absolute Gasteiger partial charge is 0.241 e. The Morgan fingerprint density at radius 3 is 2.56 bits per heavy atom. The average molecular weight is 307 g/mol. The van der Waals surface area contributed by atoms with Crippen molar-refractivity contribution in [3.63, 3.8) is 0 Å². The first-order valence-electron chi connectivity index (χ1n) is 4.88. The maximum Gasteiger partial charge on any atom is 0.241 e. The Hall–Kier alpha value is -0.430. The monoisotopic (exact) mass is 306 g/mol. The Morgan fingerprint density at radius 2 is 2.00 bits per heavy atom. The zero-order chi connectivity index (χ0) is 12.2. The summed E-state index contributed by atoms with van der Waals surface area (Å²) in [5.74, 6) is 0. The summed E-state index contributed by atoms with van der Waals surface area (Å²) < 4.78 is 26.8. The summed E-state index contributed by atoms with van der Waals surface area (Å²) >= 11 is 3.26. The van der Waals surface area contributed by atoms with Crippen LogP contribution in [0.2, 0.25) is 0 Å². The summed E-state index contributed by atoms with van der Waals surface area (Å²) in [6.45, 7) is 2.89. The summed E-state index contributed by atoms with van der Waals surface area (Å²) in [5, 5.41) is 2.88.